The fraction of sp³-hybridized carbons (Fsp3) is 0.0769. The maximum atomic E-state index is 11.8. The normalized spacial score (nSPS) is 10.5. The van der Waals surface area contributed by atoms with E-state index >= 15 is 0 Å². The van der Waals surface area contributed by atoms with E-state index in [1.165, 1.54) is 0 Å². The van der Waals surface area contributed by atoms with Gasteiger partial charge in [-0.15, -0.1) is 5.10 Å². The molecule has 1 aromatic carbocycles. The number of benzene rings is 1. The third-order valence-corrected chi connectivity index (χ3v) is 2.88. The molecule has 0 saturated carbocycles. The first kappa shape index (κ1) is 13.3. The fourth-order valence-electron chi connectivity index (χ4n) is 1.68. The highest BCUT2D eigenvalue weighted by Crippen LogP contribution is 2.13. The lowest BCUT2D eigenvalue weighted by atomic mass is 10.3. The Hall–Kier alpha value is -2.67. The molecule has 1 N–H and O–H groups in total. The molecule has 1 amide bonds. The molecule has 0 saturated heterocycles. The monoisotopic (exact) mass is 303 g/mol. The van der Waals surface area contributed by atoms with Gasteiger partial charge in [0.2, 0.25) is 5.65 Å². The number of hydrogen-bond acceptors (Lipinski definition) is 5. The molecule has 0 atom stereocenters. The first-order valence-electron chi connectivity index (χ1n) is 6.07. The molecular formula is C13H10ClN5O2. The second-order valence-electron chi connectivity index (χ2n) is 4.14. The van der Waals surface area contributed by atoms with E-state index in [2.05, 4.69) is 20.6 Å². The number of amides is 1. The van der Waals surface area contributed by atoms with Gasteiger partial charge in [0.05, 0.1) is 0 Å². The van der Waals surface area contributed by atoms with Crippen LogP contribution in [0.25, 0.3) is 11.2 Å². The molecule has 2 heterocycles. The number of pyridine rings is 1. The Morgan fingerprint density at radius 3 is 2.90 bits per heavy atom. The predicted octanol–water partition coefficient (Wildman–Crippen LogP) is 1.55. The van der Waals surface area contributed by atoms with Crippen molar-refractivity contribution < 1.29 is 9.63 Å². The summed E-state index contributed by atoms with van der Waals surface area (Å²) in [7, 11) is 0. The van der Waals surface area contributed by atoms with Crippen molar-refractivity contribution >= 4 is 34.4 Å². The van der Waals surface area contributed by atoms with Gasteiger partial charge in [-0.2, -0.15) is 0 Å². The quantitative estimate of drug-likeness (QED) is 0.790. The average Bonchev–Trinajstić information content (AvgIpc) is 2.91. The van der Waals surface area contributed by atoms with Gasteiger partial charge in [-0.3, -0.25) is 4.79 Å². The molecule has 0 aliphatic heterocycles. The maximum Gasteiger partial charge on any atom is 0.265 e. The lowest BCUT2D eigenvalue weighted by molar-refractivity contribution is -0.121. The number of nitrogens with zero attached hydrogens (tertiary/aromatic N) is 4. The standard InChI is InChI=1S/C13H10ClN5O2/c14-9-3-5-10(6-4-9)16-12(20)8-21-19-13-11(17-18-19)2-1-7-15-13/h1-7H,8H2,(H,16,20). The summed E-state index contributed by atoms with van der Waals surface area (Å²) in [6.07, 6.45) is 1.60. The van der Waals surface area contributed by atoms with Crippen molar-refractivity contribution in [1.29, 1.82) is 0 Å². The highest BCUT2D eigenvalue weighted by atomic mass is 35.5. The van der Waals surface area contributed by atoms with Gasteiger partial charge in [0, 0.05) is 16.9 Å². The van der Waals surface area contributed by atoms with E-state index in [4.69, 9.17) is 16.4 Å². The van der Waals surface area contributed by atoms with E-state index in [-0.39, 0.29) is 12.5 Å². The molecule has 21 heavy (non-hydrogen) atoms. The Morgan fingerprint density at radius 2 is 2.10 bits per heavy atom. The molecule has 106 valence electrons. The third-order valence-electron chi connectivity index (χ3n) is 2.63. The zero-order valence-electron chi connectivity index (χ0n) is 10.7. The largest absolute Gasteiger partial charge is 0.384 e. The Kier molecular flexibility index (Phi) is 3.65. The van der Waals surface area contributed by atoms with E-state index in [0.717, 1.165) is 4.85 Å². The molecule has 0 unspecified atom stereocenters. The zero-order valence-corrected chi connectivity index (χ0v) is 11.5. The number of nitrogens with one attached hydrogen (secondary N) is 1. The number of anilines is 1. The zero-order chi connectivity index (χ0) is 14.7. The molecule has 0 bridgehead atoms. The van der Waals surface area contributed by atoms with Crippen molar-refractivity contribution in [1.82, 2.24) is 20.1 Å². The van der Waals surface area contributed by atoms with Gasteiger partial charge in [-0.05, 0) is 41.6 Å². The van der Waals surface area contributed by atoms with Gasteiger partial charge in [-0.1, -0.05) is 16.4 Å². The number of carbonyl (C=O) groups is 1. The first-order chi connectivity index (χ1) is 10.2. The van der Waals surface area contributed by atoms with Crippen molar-refractivity contribution in [2.24, 2.45) is 0 Å². The lowest BCUT2D eigenvalue weighted by Crippen LogP contribution is -2.26. The number of halogens is 1. The molecule has 3 rings (SSSR count). The SMILES string of the molecule is O=C(COn1nnc2cccnc21)Nc1ccc(Cl)cc1. The van der Waals surface area contributed by atoms with E-state index in [9.17, 15) is 4.79 Å². The van der Waals surface area contributed by atoms with E-state index in [1.807, 2.05) is 0 Å². The number of aromatic nitrogens is 4. The van der Waals surface area contributed by atoms with Crippen LogP contribution in [-0.4, -0.2) is 32.7 Å². The van der Waals surface area contributed by atoms with Crippen LogP contribution < -0.4 is 10.2 Å². The molecule has 0 aliphatic rings. The van der Waals surface area contributed by atoms with Crippen molar-refractivity contribution in [2.45, 2.75) is 0 Å². The van der Waals surface area contributed by atoms with Gasteiger partial charge in [0.1, 0.15) is 5.52 Å². The lowest BCUT2D eigenvalue weighted by Gasteiger charge is -2.06. The van der Waals surface area contributed by atoms with Crippen LogP contribution in [0.3, 0.4) is 0 Å². The maximum absolute atomic E-state index is 11.8. The van der Waals surface area contributed by atoms with Crippen LogP contribution in [0.1, 0.15) is 0 Å². The smallest absolute Gasteiger partial charge is 0.265 e. The van der Waals surface area contributed by atoms with Crippen molar-refractivity contribution in [2.75, 3.05) is 11.9 Å². The number of rotatable bonds is 4. The second-order valence-corrected chi connectivity index (χ2v) is 4.57. The van der Waals surface area contributed by atoms with Crippen LogP contribution >= 0.6 is 11.6 Å². The molecule has 7 nitrogen and oxygen atoms in total. The molecule has 3 aromatic rings. The van der Waals surface area contributed by atoms with Crippen LogP contribution in [-0.2, 0) is 4.79 Å². The van der Waals surface area contributed by atoms with Gasteiger partial charge in [-0.25, -0.2) is 4.98 Å². The summed E-state index contributed by atoms with van der Waals surface area (Å²) in [5, 5.41) is 10.9. The molecule has 0 radical (unpaired) electrons. The minimum Gasteiger partial charge on any atom is -0.384 e. The topological polar surface area (TPSA) is 81.9 Å². The van der Waals surface area contributed by atoms with Gasteiger partial charge in [0.25, 0.3) is 5.91 Å². The van der Waals surface area contributed by atoms with Crippen LogP contribution in [0.15, 0.2) is 42.6 Å². The third kappa shape index (κ3) is 3.09. The molecule has 2 aromatic heterocycles. The van der Waals surface area contributed by atoms with E-state index in [1.54, 1.807) is 42.6 Å². The molecular weight excluding hydrogens is 294 g/mol. The summed E-state index contributed by atoms with van der Waals surface area (Å²) >= 11 is 5.77. The van der Waals surface area contributed by atoms with Crippen molar-refractivity contribution in [3.05, 3.63) is 47.6 Å². The van der Waals surface area contributed by atoms with E-state index < -0.39 is 0 Å². The summed E-state index contributed by atoms with van der Waals surface area (Å²) in [6, 6.07) is 10.3. The van der Waals surface area contributed by atoms with Crippen molar-refractivity contribution in [3.63, 3.8) is 0 Å². The molecule has 0 spiro atoms. The summed E-state index contributed by atoms with van der Waals surface area (Å²) in [5.41, 5.74) is 1.68. The number of hydrogen-bond donors (Lipinski definition) is 1. The van der Waals surface area contributed by atoms with Crippen molar-refractivity contribution in [3.8, 4) is 0 Å². The van der Waals surface area contributed by atoms with Crippen LogP contribution in [0, 0.1) is 0 Å². The first-order valence-corrected chi connectivity index (χ1v) is 6.45. The Morgan fingerprint density at radius 1 is 1.29 bits per heavy atom. The highest BCUT2D eigenvalue weighted by molar-refractivity contribution is 6.30. The predicted molar refractivity (Wildman–Crippen MR) is 76.9 cm³/mol. The van der Waals surface area contributed by atoms with Gasteiger partial charge in [0.15, 0.2) is 6.61 Å². The van der Waals surface area contributed by atoms with Gasteiger partial charge >= 0.3 is 0 Å². The molecule has 8 heteroatoms. The highest BCUT2D eigenvalue weighted by Gasteiger charge is 2.08. The second kappa shape index (κ2) is 5.76. The Balaban J connectivity index is 1.62. The van der Waals surface area contributed by atoms with Crippen LogP contribution in [0.2, 0.25) is 5.02 Å². The van der Waals surface area contributed by atoms with E-state index in [0.29, 0.717) is 21.9 Å². The Bertz CT molecular complexity index is 772. The molecule has 0 aliphatic carbocycles. The summed E-state index contributed by atoms with van der Waals surface area (Å²) in [5.74, 6) is -0.322. The van der Waals surface area contributed by atoms with Crippen LogP contribution in [0.5, 0.6) is 0 Å². The summed E-state index contributed by atoms with van der Waals surface area (Å²) in [6.45, 7) is -0.211. The summed E-state index contributed by atoms with van der Waals surface area (Å²) < 4.78 is 0. The minimum atomic E-state index is -0.322. The minimum absolute atomic E-state index is 0.211. The van der Waals surface area contributed by atoms with Gasteiger partial charge < -0.3 is 10.2 Å². The average molecular weight is 304 g/mol. The molecule has 0 fully saturated rings. The summed E-state index contributed by atoms with van der Waals surface area (Å²) in [4.78, 5) is 22.2. The fourth-order valence-corrected chi connectivity index (χ4v) is 1.81. The number of carbonyl (C=O) groups excluding carboxylic acids is 1. The number of fused-ring (bicyclic) bond motifs is 1. The van der Waals surface area contributed by atoms with Crippen LogP contribution in [0.4, 0.5) is 5.69 Å². The Labute approximate surface area is 124 Å².